The molecular weight excluding hydrogens is 282 g/mol. The first kappa shape index (κ1) is 14.9. The second-order valence-corrected chi connectivity index (χ2v) is 7.31. The van der Waals surface area contributed by atoms with Gasteiger partial charge in [0, 0.05) is 12.5 Å². The number of ether oxygens (including phenoxy) is 1. The molecule has 0 saturated heterocycles. The molecule has 1 unspecified atom stereocenters. The Bertz CT molecular complexity index is 674. The molecule has 0 spiro atoms. The fraction of sp³-hybridized carbons (Fsp3) is 0.429. The number of nitrogens with zero attached hydrogens (tertiary/aromatic N) is 1. The fourth-order valence-electron chi connectivity index (χ4n) is 4.61. The molecule has 5 rings (SSSR count). The Labute approximate surface area is 139 Å². The molecule has 1 atom stereocenters. The minimum Gasteiger partial charge on any atom is -0.364 e. The number of fused-ring (bicyclic) bond motifs is 1. The normalized spacial score (nSPS) is 27.8. The zero-order valence-corrected chi connectivity index (χ0v) is 14.3. The van der Waals surface area contributed by atoms with Gasteiger partial charge in [0.15, 0.2) is 0 Å². The molecule has 0 heterocycles. The highest BCUT2D eigenvalue weighted by molar-refractivity contribution is 5.58. The molecule has 2 heteroatoms. The minimum absolute atomic E-state index is 0.267. The summed E-state index contributed by atoms with van der Waals surface area (Å²) in [6.45, 7) is 4.08. The van der Waals surface area contributed by atoms with Crippen LogP contribution < -0.4 is 0 Å². The highest BCUT2D eigenvalue weighted by Crippen LogP contribution is 2.58. The number of rotatable bonds is 4. The third-order valence-electron chi connectivity index (χ3n) is 5.53. The summed E-state index contributed by atoms with van der Waals surface area (Å²) in [5.41, 5.74) is 5.45. The SMILES string of the molecule is CC1CC2(OCCN(C)C)c3ccccc3C1c1ccccc12. The smallest absolute Gasteiger partial charge is 0.119 e. The summed E-state index contributed by atoms with van der Waals surface area (Å²) in [6, 6.07) is 17.8. The molecule has 0 fully saturated rings. The van der Waals surface area contributed by atoms with E-state index in [9.17, 15) is 0 Å². The van der Waals surface area contributed by atoms with Gasteiger partial charge >= 0.3 is 0 Å². The van der Waals surface area contributed by atoms with Crippen LogP contribution in [-0.4, -0.2) is 32.1 Å². The third-order valence-corrected chi connectivity index (χ3v) is 5.53. The van der Waals surface area contributed by atoms with Crippen molar-refractivity contribution in [3.63, 3.8) is 0 Å². The fourth-order valence-corrected chi connectivity index (χ4v) is 4.61. The van der Waals surface area contributed by atoms with Crippen molar-refractivity contribution in [3.05, 3.63) is 70.8 Å². The van der Waals surface area contributed by atoms with E-state index in [0.717, 1.165) is 19.6 Å². The van der Waals surface area contributed by atoms with Gasteiger partial charge in [-0.3, -0.25) is 0 Å². The second kappa shape index (κ2) is 5.47. The molecule has 0 amide bonds. The molecular formula is C21H25NO. The molecule has 23 heavy (non-hydrogen) atoms. The van der Waals surface area contributed by atoms with Crippen LogP contribution in [0.4, 0.5) is 0 Å². The van der Waals surface area contributed by atoms with Crippen LogP contribution in [0.5, 0.6) is 0 Å². The molecule has 0 aromatic heterocycles. The van der Waals surface area contributed by atoms with E-state index in [1.165, 1.54) is 22.3 Å². The lowest BCUT2D eigenvalue weighted by Gasteiger charge is -2.52. The summed E-state index contributed by atoms with van der Waals surface area (Å²) in [5.74, 6) is 1.13. The van der Waals surface area contributed by atoms with Crippen molar-refractivity contribution in [1.82, 2.24) is 4.90 Å². The van der Waals surface area contributed by atoms with Crippen LogP contribution in [0.1, 0.15) is 41.5 Å². The van der Waals surface area contributed by atoms with Crippen molar-refractivity contribution in [1.29, 1.82) is 0 Å². The van der Waals surface area contributed by atoms with Crippen LogP contribution in [0.15, 0.2) is 48.5 Å². The first-order valence-electron chi connectivity index (χ1n) is 8.61. The molecule has 0 aliphatic heterocycles. The quantitative estimate of drug-likeness (QED) is 0.847. The van der Waals surface area contributed by atoms with Gasteiger partial charge in [-0.2, -0.15) is 0 Å². The zero-order valence-electron chi connectivity index (χ0n) is 14.3. The Balaban J connectivity index is 1.86. The van der Waals surface area contributed by atoms with E-state index in [4.69, 9.17) is 4.74 Å². The second-order valence-electron chi connectivity index (χ2n) is 7.31. The van der Waals surface area contributed by atoms with Gasteiger partial charge in [0.25, 0.3) is 0 Å². The van der Waals surface area contributed by atoms with Gasteiger partial charge in [0.1, 0.15) is 5.60 Å². The predicted octanol–water partition coefficient (Wildman–Crippen LogP) is 3.99. The van der Waals surface area contributed by atoms with E-state index >= 15 is 0 Å². The van der Waals surface area contributed by atoms with Crippen LogP contribution in [0.3, 0.4) is 0 Å². The van der Waals surface area contributed by atoms with E-state index in [1.54, 1.807) is 0 Å². The summed E-state index contributed by atoms with van der Waals surface area (Å²) in [7, 11) is 4.20. The maximum atomic E-state index is 6.65. The molecule has 3 aliphatic rings. The Morgan fingerprint density at radius 3 is 2.13 bits per heavy atom. The van der Waals surface area contributed by atoms with Gasteiger partial charge in [-0.1, -0.05) is 55.5 Å². The number of benzene rings is 2. The number of hydrogen-bond donors (Lipinski definition) is 0. The lowest BCUT2D eigenvalue weighted by Crippen LogP contribution is -2.46. The Kier molecular flexibility index (Phi) is 3.55. The largest absolute Gasteiger partial charge is 0.364 e. The Morgan fingerprint density at radius 1 is 1.00 bits per heavy atom. The summed E-state index contributed by atoms with van der Waals surface area (Å²) < 4.78 is 6.65. The number of hydrogen-bond acceptors (Lipinski definition) is 2. The van der Waals surface area contributed by atoms with Crippen molar-refractivity contribution in [3.8, 4) is 0 Å². The van der Waals surface area contributed by atoms with Crippen molar-refractivity contribution in [2.45, 2.75) is 24.9 Å². The number of likely N-dealkylation sites (N-methyl/N-ethyl adjacent to an activating group) is 1. The molecule has 0 N–H and O–H groups in total. The first-order chi connectivity index (χ1) is 11.1. The molecule has 0 saturated carbocycles. The molecule has 2 aromatic rings. The van der Waals surface area contributed by atoms with E-state index in [1.807, 2.05) is 0 Å². The van der Waals surface area contributed by atoms with Gasteiger partial charge in [-0.25, -0.2) is 0 Å². The topological polar surface area (TPSA) is 12.5 Å². The van der Waals surface area contributed by atoms with Gasteiger partial charge in [0.2, 0.25) is 0 Å². The molecule has 2 bridgehead atoms. The summed E-state index contributed by atoms with van der Waals surface area (Å²) in [6.07, 6.45) is 1.08. The molecule has 2 aromatic carbocycles. The van der Waals surface area contributed by atoms with Crippen LogP contribution in [0.25, 0.3) is 0 Å². The van der Waals surface area contributed by atoms with Crippen molar-refractivity contribution < 1.29 is 4.74 Å². The summed E-state index contributed by atoms with van der Waals surface area (Å²) in [4.78, 5) is 2.19. The van der Waals surface area contributed by atoms with Crippen LogP contribution >= 0.6 is 0 Å². The van der Waals surface area contributed by atoms with E-state index in [0.29, 0.717) is 11.8 Å². The minimum atomic E-state index is -0.267. The lowest BCUT2D eigenvalue weighted by molar-refractivity contribution is -0.0552. The zero-order chi connectivity index (χ0) is 16.0. The molecule has 3 aliphatic carbocycles. The van der Waals surface area contributed by atoms with Gasteiger partial charge in [-0.05, 0) is 48.7 Å². The standard InChI is InChI=1S/C21H25NO/c1-15-14-21(23-13-12-22(2)3)18-10-6-4-8-16(18)20(15)17-9-5-7-11-19(17)21/h4-11,15,20H,12-14H2,1-3H3. The van der Waals surface area contributed by atoms with Gasteiger partial charge < -0.3 is 9.64 Å². The van der Waals surface area contributed by atoms with Gasteiger partial charge in [-0.15, -0.1) is 0 Å². The summed E-state index contributed by atoms with van der Waals surface area (Å²) >= 11 is 0. The highest BCUT2D eigenvalue weighted by Gasteiger charge is 2.51. The van der Waals surface area contributed by atoms with Crippen molar-refractivity contribution >= 4 is 0 Å². The maximum Gasteiger partial charge on any atom is 0.119 e. The Hall–Kier alpha value is -1.64. The average molecular weight is 307 g/mol. The Morgan fingerprint density at radius 2 is 1.57 bits per heavy atom. The molecule has 2 nitrogen and oxygen atoms in total. The predicted molar refractivity (Wildman–Crippen MR) is 93.8 cm³/mol. The van der Waals surface area contributed by atoms with Crippen LogP contribution in [0, 0.1) is 5.92 Å². The molecule has 120 valence electrons. The highest BCUT2D eigenvalue weighted by atomic mass is 16.5. The average Bonchev–Trinajstić information content (AvgIpc) is 2.55. The third kappa shape index (κ3) is 2.16. The maximum absolute atomic E-state index is 6.65. The van der Waals surface area contributed by atoms with E-state index in [2.05, 4.69) is 74.4 Å². The molecule has 0 radical (unpaired) electrons. The lowest BCUT2D eigenvalue weighted by atomic mass is 9.57. The monoisotopic (exact) mass is 307 g/mol. The van der Waals surface area contributed by atoms with Gasteiger partial charge in [0.05, 0.1) is 6.61 Å². The first-order valence-corrected chi connectivity index (χ1v) is 8.61. The van der Waals surface area contributed by atoms with Crippen LogP contribution in [0.2, 0.25) is 0 Å². The van der Waals surface area contributed by atoms with E-state index in [-0.39, 0.29) is 5.60 Å². The van der Waals surface area contributed by atoms with Crippen molar-refractivity contribution in [2.24, 2.45) is 5.92 Å². The van der Waals surface area contributed by atoms with Crippen LogP contribution in [-0.2, 0) is 10.3 Å². The summed E-state index contributed by atoms with van der Waals surface area (Å²) in [5, 5.41) is 0. The van der Waals surface area contributed by atoms with E-state index < -0.39 is 0 Å². The van der Waals surface area contributed by atoms with Crippen molar-refractivity contribution in [2.75, 3.05) is 27.2 Å².